The molecular formula is C28H27F8NO3S2. The van der Waals surface area contributed by atoms with Crippen LogP contribution in [-0.2, 0) is 43.2 Å². The zero-order chi connectivity index (χ0) is 30.7. The third-order valence-corrected chi connectivity index (χ3v) is 12.3. The lowest BCUT2D eigenvalue weighted by atomic mass is 9.73. The molecule has 5 rings (SSSR count). The highest BCUT2D eigenvalue weighted by Gasteiger charge is 2.73. The van der Waals surface area contributed by atoms with Gasteiger partial charge in [0.25, 0.3) is 0 Å². The van der Waals surface area contributed by atoms with Crippen molar-refractivity contribution in [1.82, 2.24) is 5.32 Å². The van der Waals surface area contributed by atoms with Crippen LogP contribution in [0, 0.1) is 17.7 Å². The Morgan fingerprint density at radius 2 is 1.52 bits per heavy atom. The summed E-state index contributed by atoms with van der Waals surface area (Å²) in [5.41, 5.74) is -6.98. The Morgan fingerprint density at radius 1 is 0.905 bits per heavy atom. The zero-order valence-electron chi connectivity index (χ0n) is 22.0. The van der Waals surface area contributed by atoms with Gasteiger partial charge >= 0.3 is 18.0 Å². The van der Waals surface area contributed by atoms with E-state index in [2.05, 4.69) is 5.32 Å². The van der Waals surface area contributed by atoms with Crippen molar-refractivity contribution in [2.24, 2.45) is 11.8 Å². The summed E-state index contributed by atoms with van der Waals surface area (Å²) in [7, 11) is -2.95. The van der Waals surface area contributed by atoms with E-state index >= 15 is 0 Å². The number of amides is 1. The van der Waals surface area contributed by atoms with Crippen LogP contribution in [0.15, 0.2) is 47.4 Å². The number of benzene rings is 2. The standard InChI is InChI=1S/C28H27F8NO3S2/c29-19-3-5-20(6-4-19)42(40)25-12-9-23(37-24(38)16-10-13-41(39)14-11-16)22(25)7-1-17-15-18(2-8-21(17)25)26(30,27(31,32)33)28(34,35)36/h2-6,8,15-16,22-23H,1,7,9-14H2,(H,37,38)/t16?,22?,23-,25-,41?,42?/m1/s1. The maximum atomic E-state index is 14.9. The van der Waals surface area contributed by atoms with Gasteiger partial charge in [0.05, 0.1) is 15.5 Å². The number of aryl methyl sites for hydroxylation is 1. The second-order valence-electron chi connectivity index (χ2n) is 11.1. The molecule has 3 aliphatic rings. The number of rotatable bonds is 5. The van der Waals surface area contributed by atoms with Crippen LogP contribution < -0.4 is 5.32 Å². The average molecular weight is 642 g/mol. The molecule has 230 valence electrons. The minimum absolute atomic E-state index is 0.0106. The molecule has 0 spiro atoms. The van der Waals surface area contributed by atoms with Crippen molar-refractivity contribution in [3.63, 3.8) is 0 Å². The van der Waals surface area contributed by atoms with Gasteiger partial charge in [-0.05, 0) is 73.9 Å². The van der Waals surface area contributed by atoms with E-state index < -0.39 is 67.7 Å². The van der Waals surface area contributed by atoms with Gasteiger partial charge in [-0.25, -0.2) is 8.78 Å². The summed E-state index contributed by atoms with van der Waals surface area (Å²) >= 11 is 0. The second-order valence-corrected chi connectivity index (χ2v) is 14.5. The Kier molecular flexibility index (Phi) is 8.12. The van der Waals surface area contributed by atoms with Gasteiger partial charge in [0.1, 0.15) is 5.82 Å². The Labute approximate surface area is 241 Å². The molecule has 0 aromatic heterocycles. The van der Waals surface area contributed by atoms with Crippen molar-refractivity contribution in [3.05, 3.63) is 65.0 Å². The highest BCUT2D eigenvalue weighted by atomic mass is 32.2. The fraction of sp³-hybridized carbons (Fsp3) is 0.536. The molecule has 2 aromatic carbocycles. The van der Waals surface area contributed by atoms with E-state index in [1.165, 1.54) is 12.1 Å². The van der Waals surface area contributed by atoms with E-state index in [1.54, 1.807) is 0 Å². The van der Waals surface area contributed by atoms with E-state index in [-0.39, 0.29) is 47.1 Å². The molecule has 0 bridgehead atoms. The topological polar surface area (TPSA) is 63.2 Å². The third kappa shape index (κ3) is 5.09. The van der Waals surface area contributed by atoms with Crippen LogP contribution in [0.1, 0.15) is 48.8 Å². The molecule has 2 aliphatic carbocycles. The van der Waals surface area contributed by atoms with Crippen molar-refractivity contribution >= 4 is 27.5 Å². The maximum absolute atomic E-state index is 14.9. The first-order valence-corrected chi connectivity index (χ1v) is 16.0. The van der Waals surface area contributed by atoms with Gasteiger partial charge in [-0.3, -0.25) is 13.2 Å². The molecule has 1 amide bonds. The van der Waals surface area contributed by atoms with Crippen LogP contribution in [-0.4, -0.2) is 44.2 Å². The minimum Gasteiger partial charge on any atom is -0.353 e. The van der Waals surface area contributed by atoms with Crippen LogP contribution >= 0.6 is 0 Å². The number of alkyl halides is 7. The Bertz CT molecular complexity index is 1390. The molecule has 0 radical (unpaired) electrons. The predicted molar refractivity (Wildman–Crippen MR) is 139 cm³/mol. The number of nitrogens with one attached hydrogen (secondary N) is 1. The zero-order valence-corrected chi connectivity index (χ0v) is 23.6. The smallest absolute Gasteiger partial charge is 0.353 e. The van der Waals surface area contributed by atoms with E-state index in [4.69, 9.17) is 0 Å². The molecule has 1 aliphatic heterocycles. The van der Waals surface area contributed by atoms with E-state index in [9.17, 15) is 48.3 Å². The number of carbonyl (C=O) groups is 1. The summed E-state index contributed by atoms with van der Waals surface area (Å²) in [5, 5.41) is 3.02. The molecular weight excluding hydrogens is 614 g/mol. The van der Waals surface area contributed by atoms with Crippen molar-refractivity contribution in [1.29, 1.82) is 0 Å². The number of halogens is 8. The Balaban J connectivity index is 1.56. The van der Waals surface area contributed by atoms with E-state index in [0.717, 1.165) is 18.2 Å². The summed E-state index contributed by atoms with van der Waals surface area (Å²) in [6.07, 6.45) is -11.1. The summed E-state index contributed by atoms with van der Waals surface area (Å²) in [5.74, 6) is -0.940. The quantitative estimate of drug-likeness (QED) is 0.401. The van der Waals surface area contributed by atoms with Crippen molar-refractivity contribution in [2.45, 2.75) is 72.2 Å². The molecule has 1 heterocycles. The average Bonchev–Trinajstić information content (AvgIpc) is 3.30. The normalized spacial score (nSPS) is 29.0. The van der Waals surface area contributed by atoms with E-state index in [0.29, 0.717) is 42.9 Å². The Hall–Kier alpha value is -2.35. The highest BCUT2D eigenvalue weighted by Crippen LogP contribution is 2.58. The number of fused-ring (bicyclic) bond motifs is 3. The van der Waals surface area contributed by atoms with Gasteiger partial charge in [-0.1, -0.05) is 18.2 Å². The maximum Gasteiger partial charge on any atom is 0.435 e. The van der Waals surface area contributed by atoms with Gasteiger partial charge in [0.2, 0.25) is 5.91 Å². The minimum atomic E-state index is -6.28. The van der Waals surface area contributed by atoms with Crippen molar-refractivity contribution in [3.8, 4) is 0 Å². The first kappa shape index (κ1) is 31.1. The SMILES string of the molecule is O=C(N[C@@H]1CC[C@@]2(S(=O)c3ccc(F)cc3)c3ccc(C(F)(C(F)(F)F)C(F)(F)F)cc3CCC12)C1CCS(=O)CC1. The molecule has 2 fully saturated rings. The van der Waals surface area contributed by atoms with Gasteiger partial charge in [0.15, 0.2) is 0 Å². The molecule has 1 saturated heterocycles. The van der Waals surface area contributed by atoms with Gasteiger partial charge in [0, 0.05) is 50.6 Å². The number of carbonyl (C=O) groups excluding carboxylic acids is 1. The molecule has 2 aromatic rings. The highest BCUT2D eigenvalue weighted by molar-refractivity contribution is 7.86. The first-order chi connectivity index (χ1) is 19.6. The number of hydrogen-bond acceptors (Lipinski definition) is 3. The van der Waals surface area contributed by atoms with Crippen LogP contribution in [0.25, 0.3) is 0 Å². The fourth-order valence-electron chi connectivity index (χ4n) is 6.70. The molecule has 2 unspecified atom stereocenters. The van der Waals surface area contributed by atoms with Crippen molar-refractivity contribution in [2.75, 3.05) is 11.5 Å². The Morgan fingerprint density at radius 3 is 2.12 bits per heavy atom. The van der Waals surface area contributed by atoms with Gasteiger partial charge in [-0.15, -0.1) is 0 Å². The molecule has 4 atom stereocenters. The van der Waals surface area contributed by atoms with Crippen LogP contribution in [0.4, 0.5) is 35.1 Å². The lowest BCUT2D eigenvalue weighted by molar-refractivity contribution is -0.348. The van der Waals surface area contributed by atoms with Crippen molar-refractivity contribution < 1.29 is 48.3 Å². The molecule has 14 heteroatoms. The van der Waals surface area contributed by atoms with Gasteiger partial charge < -0.3 is 5.32 Å². The number of hydrogen-bond donors (Lipinski definition) is 1. The first-order valence-electron chi connectivity index (χ1n) is 13.4. The van der Waals surface area contributed by atoms with Crippen LogP contribution in [0.3, 0.4) is 0 Å². The molecule has 1 saturated carbocycles. The summed E-state index contributed by atoms with van der Waals surface area (Å²) in [6, 6.07) is 6.28. The molecule has 4 nitrogen and oxygen atoms in total. The lowest BCUT2D eigenvalue weighted by Gasteiger charge is -2.43. The second kappa shape index (κ2) is 11.0. The summed E-state index contributed by atoms with van der Waals surface area (Å²) < 4.78 is 134. The third-order valence-electron chi connectivity index (χ3n) is 8.82. The molecule has 42 heavy (non-hydrogen) atoms. The van der Waals surface area contributed by atoms with Crippen LogP contribution in [0.5, 0.6) is 0 Å². The lowest BCUT2D eigenvalue weighted by Crippen LogP contribution is -2.51. The summed E-state index contributed by atoms with van der Waals surface area (Å²) in [6.45, 7) is 0. The van der Waals surface area contributed by atoms with Gasteiger partial charge in [-0.2, -0.15) is 26.3 Å². The molecule has 1 N–H and O–H groups in total. The fourth-order valence-corrected chi connectivity index (χ4v) is 10.1. The summed E-state index contributed by atoms with van der Waals surface area (Å²) in [4.78, 5) is 13.3. The van der Waals surface area contributed by atoms with E-state index in [1.807, 2.05) is 0 Å². The largest absolute Gasteiger partial charge is 0.435 e. The monoisotopic (exact) mass is 641 g/mol. The van der Waals surface area contributed by atoms with Crippen LogP contribution in [0.2, 0.25) is 0 Å². The predicted octanol–water partition coefficient (Wildman–Crippen LogP) is 6.12.